The first-order chi connectivity index (χ1) is 12.2. The maximum absolute atomic E-state index is 9.10. The highest BCUT2D eigenvalue weighted by molar-refractivity contribution is 5.90. The molecule has 0 bridgehead atoms. The molecule has 0 saturated heterocycles. The second kappa shape index (κ2) is 5.92. The van der Waals surface area contributed by atoms with Gasteiger partial charge in [0.2, 0.25) is 0 Å². The summed E-state index contributed by atoms with van der Waals surface area (Å²) in [5, 5.41) is 10.3. The molecule has 0 saturated carbocycles. The Balaban J connectivity index is 1.80. The smallest absolute Gasteiger partial charge is 0.0994 e. The van der Waals surface area contributed by atoms with Crippen LogP contribution in [-0.4, -0.2) is 9.97 Å². The van der Waals surface area contributed by atoms with Gasteiger partial charge in [0, 0.05) is 34.6 Å². The molecule has 0 amide bonds. The molecule has 25 heavy (non-hydrogen) atoms. The van der Waals surface area contributed by atoms with Gasteiger partial charge >= 0.3 is 0 Å². The van der Waals surface area contributed by atoms with E-state index >= 15 is 0 Å². The van der Waals surface area contributed by atoms with Crippen molar-refractivity contribution in [3.63, 3.8) is 0 Å². The summed E-state index contributed by atoms with van der Waals surface area (Å²) in [5.74, 6) is 0. The minimum absolute atomic E-state index is 0.723. The van der Waals surface area contributed by atoms with Crippen LogP contribution in [0.15, 0.2) is 60.9 Å². The van der Waals surface area contributed by atoms with Gasteiger partial charge in [-0.05, 0) is 66.4 Å². The SMILES string of the molecule is Cc1cc(-c2ccc3[nH]c(-c4cnccc4C)cc3c2)ccc1C#N. The summed E-state index contributed by atoms with van der Waals surface area (Å²) < 4.78 is 0. The molecule has 0 aliphatic rings. The summed E-state index contributed by atoms with van der Waals surface area (Å²) in [5.41, 5.74) is 8.49. The van der Waals surface area contributed by atoms with Crippen LogP contribution in [-0.2, 0) is 0 Å². The number of fused-ring (bicyclic) bond motifs is 1. The molecular weight excluding hydrogens is 306 g/mol. The Bertz CT molecular complexity index is 1130. The number of aryl methyl sites for hydroxylation is 2. The van der Waals surface area contributed by atoms with Crippen LogP contribution in [0.4, 0.5) is 0 Å². The predicted molar refractivity (Wildman–Crippen MR) is 101 cm³/mol. The third-order valence-corrected chi connectivity index (χ3v) is 4.63. The molecule has 0 spiro atoms. The minimum Gasteiger partial charge on any atom is -0.354 e. The van der Waals surface area contributed by atoms with Gasteiger partial charge in [0.25, 0.3) is 0 Å². The van der Waals surface area contributed by atoms with Crippen molar-refractivity contribution >= 4 is 10.9 Å². The lowest BCUT2D eigenvalue weighted by molar-refractivity contribution is 1.27. The van der Waals surface area contributed by atoms with E-state index in [2.05, 4.69) is 53.3 Å². The van der Waals surface area contributed by atoms with Gasteiger partial charge in [-0.15, -0.1) is 0 Å². The van der Waals surface area contributed by atoms with Crippen LogP contribution in [0, 0.1) is 25.2 Å². The number of nitriles is 1. The monoisotopic (exact) mass is 323 g/mol. The van der Waals surface area contributed by atoms with Crippen LogP contribution >= 0.6 is 0 Å². The van der Waals surface area contributed by atoms with Gasteiger partial charge < -0.3 is 4.98 Å². The molecular formula is C22H17N3. The first kappa shape index (κ1) is 15.2. The van der Waals surface area contributed by atoms with E-state index in [-0.39, 0.29) is 0 Å². The van der Waals surface area contributed by atoms with E-state index in [9.17, 15) is 0 Å². The largest absolute Gasteiger partial charge is 0.354 e. The molecule has 120 valence electrons. The number of aromatic nitrogens is 2. The van der Waals surface area contributed by atoms with E-state index in [0.29, 0.717) is 0 Å². The van der Waals surface area contributed by atoms with Gasteiger partial charge in [0.05, 0.1) is 11.6 Å². The third-order valence-electron chi connectivity index (χ3n) is 4.63. The molecule has 3 nitrogen and oxygen atoms in total. The Morgan fingerprint density at radius 3 is 2.48 bits per heavy atom. The molecule has 0 aliphatic heterocycles. The van der Waals surface area contributed by atoms with Gasteiger partial charge in [-0.1, -0.05) is 18.2 Å². The summed E-state index contributed by atoms with van der Waals surface area (Å²) in [6, 6.07) is 18.8. The average Bonchev–Trinajstić information content (AvgIpc) is 3.05. The molecule has 1 N–H and O–H groups in total. The zero-order valence-corrected chi connectivity index (χ0v) is 14.2. The van der Waals surface area contributed by atoms with Crippen LogP contribution in [0.25, 0.3) is 33.3 Å². The molecule has 2 heterocycles. The van der Waals surface area contributed by atoms with Crippen molar-refractivity contribution in [2.24, 2.45) is 0 Å². The number of rotatable bonds is 2. The highest BCUT2D eigenvalue weighted by atomic mass is 14.7. The van der Waals surface area contributed by atoms with Gasteiger partial charge in [0.1, 0.15) is 0 Å². The van der Waals surface area contributed by atoms with Gasteiger partial charge in [0.15, 0.2) is 0 Å². The second-order valence-corrected chi connectivity index (χ2v) is 6.32. The van der Waals surface area contributed by atoms with E-state index in [1.165, 1.54) is 5.56 Å². The fourth-order valence-corrected chi connectivity index (χ4v) is 3.17. The fraction of sp³-hybridized carbons (Fsp3) is 0.0909. The number of pyridine rings is 1. The van der Waals surface area contributed by atoms with Gasteiger partial charge in [-0.2, -0.15) is 5.26 Å². The molecule has 0 aliphatic carbocycles. The first-order valence-electron chi connectivity index (χ1n) is 8.20. The highest BCUT2D eigenvalue weighted by Crippen LogP contribution is 2.30. The van der Waals surface area contributed by atoms with Gasteiger partial charge in [-0.25, -0.2) is 0 Å². The van der Waals surface area contributed by atoms with Crippen molar-refractivity contribution in [1.29, 1.82) is 5.26 Å². The molecule has 0 fully saturated rings. The highest BCUT2D eigenvalue weighted by Gasteiger charge is 2.08. The lowest BCUT2D eigenvalue weighted by atomic mass is 9.99. The number of benzene rings is 2. The van der Waals surface area contributed by atoms with E-state index < -0.39 is 0 Å². The Labute approximate surface area is 146 Å². The van der Waals surface area contributed by atoms with Crippen molar-refractivity contribution in [3.05, 3.63) is 77.6 Å². The second-order valence-electron chi connectivity index (χ2n) is 6.32. The minimum atomic E-state index is 0.723. The van der Waals surface area contributed by atoms with E-state index in [1.807, 2.05) is 37.5 Å². The standard InChI is InChI=1S/C22H17N3/c1-14-7-8-24-13-20(14)22-11-19-10-17(5-6-21(19)25-22)16-3-4-18(12-23)15(2)9-16/h3-11,13,25H,1-2H3. The van der Waals surface area contributed by atoms with Gasteiger partial charge in [-0.3, -0.25) is 4.98 Å². The summed E-state index contributed by atoms with van der Waals surface area (Å²) in [4.78, 5) is 7.71. The Hall–Kier alpha value is -3.38. The van der Waals surface area contributed by atoms with Crippen LogP contribution in [0.5, 0.6) is 0 Å². The van der Waals surface area contributed by atoms with E-state index in [1.54, 1.807) is 0 Å². The quantitative estimate of drug-likeness (QED) is 0.538. The molecule has 0 atom stereocenters. The Morgan fingerprint density at radius 2 is 1.72 bits per heavy atom. The van der Waals surface area contributed by atoms with Crippen LogP contribution in [0.2, 0.25) is 0 Å². The van der Waals surface area contributed by atoms with E-state index in [4.69, 9.17) is 5.26 Å². The fourth-order valence-electron chi connectivity index (χ4n) is 3.17. The third kappa shape index (κ3) is 2.68. The number of nitrogens with one attached hydrogen (secondary N) is 1. The van der Waals surface area contributed by atoms with Crippen molar-refractivity contribution < 1.29 is 0 Å². The summed E-state index contributed by atoms with van der Waals surface area (Å²) >= 11 is 0. The molecule has 2 aromatic heterocycles. The lowest BCUT2D eigenvalue weighted by Crippen LogP contribution is -1.84. The number of H-pyrrole nitrogens is 1. The van der Waals surface area contributed by atoms with Crippen LogP contribution in [0.1, 0.15) is 16.7 Å². The molecule has 2 aromatic carbocycles. The van der Waals surface area contributed by atoms with Crippen molar-refractivity contribution in [3.8, 4) is 28.5 Å². The predicted octanol–water partition coefficient (Wildman–Crippen LogP) is 5.39. The maximum atomic E-state index is 9.10. The van der Waals surface area contributed by atoms with Crippen molar-refractivity contribution in [2.75, 3.05) is 0 Å². The maximum Gasteiger partial charge on any atom is 0.0994 e. The Morgan fingerprint density at radius 1 is 0.920 bits per heavy atom. The zero-order chi connectivity index (χ0) is 17.4. The first-order valence-corrected chi connectivity index (χ1v) is 8.20. The normalized spacial score (nSPS) is 10.8. The summed E-state index contributed by atoms with van der Waals surface area (Å²) in [7, 11) is 0. The number of hydrogen-bond donors (Lipinski definition) is 1. The van der Waals surface area contributed by atoms with Crippen LogP contribution in [0.3, 0.4) is 0 Å². The zero-order valence-electron chi connectivity index (χ0n) is 14.2. The van der Waals surface area contributed by atoms with E-state index in [0.717, 1.165) is 44.4 Å². The van der Waals surface area contributed by atoms with Crippen molar-refractivity contribution in [1.82, 2.24) is 9.97 Å². The molecule has 0 radical (unpaired) electrons. The molecule has 3 heteroatoms. The average molecular weight is 323 g/mol. The number of nitrogens with zero attached hydrogens (tertiary/aromatic N) is 2. The molecule has 4 rings (SSSR count). The summed E-state index contributed by atoms with van der Waals surface area (Å²) in [6.45, 7) is 4.06. The molecule has 4 aromatic rings. The lowest BCUT2D eigenvalue weighted by Gasteiger charge is -2.04. The Kier molecular flexibility index (Phi) is 3.59. The van der Waals surface area contributed by atoms with Crippen LogP contribution < -0.4 is 0 Å². The summed E-state index contributed by atoms with van der Waals surface area (Å²) in [6.07, 6.45) is 3.71. The molecule has 0 unspecified atom stereocenters. The topological polar surface area (TPSA) is 52.5 Å². The van der Waals surface area contributed by atoms with Crippen molar-refractivity contribution in [2.45, 2.75) is 13.8 Å². The number of hydrogen-bond acceptors (Lipinski definition) is 2. The number of aromatic amines is 1.